The molecule has 0 spiro atoms. The number of fused-ring (bicyclic) bond motifs is 2. The van der Waals surface area contributed by atoms with Gasteiger partial charge in [-0.2, -0.15) is 0 Å². The number of alkyl halides is 3. The van der Waals surface area contributed by atoms with Crippen molar-refractivity contribution in [1.29, 1.82) is 0 Å². The van der Waals surface area contributed by atoms with Crippen LogP contribution in [0.15, 0.2) is 77.3 Å². The van der Waals surface area contributed by atoms with Gasteiger partial charge in [0.05, 0.1) is 25.8 Å². The highest BCUT2D eigenvalue weighted by molar-refractivity contribution is 7.18. The van der Waals surface area contributed by atoms with Gasteiger partial charge in [0.15, 0.2) is 11.5 Å². The highest BCUT2D eigenvalue weighted by Crippen LogP contribution is 2.37. The van der Waals surface area contributed by atoms with Crippen LogP contribution < -0.4 is 18.9 Å². The Bertz CT molecular complexity index is 1910. The molecule has 0 atom stereocenters. The molecule has 0 bridgehead atoms. The van der Waals surface area contributed by atoms with Crippen LogP contribution in [0.1, 0.15) is 21.5 Å². The fraction of sp³-hybridized carbons (Fsp3) is 0.167. The summed E-state index contributed by atoms with van der Waals surface area (Å²) in [6.45, 7) is 0.170. The van der Waals surface area contributed by atoms with Crippen molar-refractivity contribution in [3.05, 3.63) is 89.6 Å². The zero-order chi connectivity index (χ0) is 30.1. The van der Waals surface area contributed by atoms with Crippen LogP contribution in [0.2, 0.25) is 0 Å². The number of ketones is 1. The Labute approximate surface area is 246 Å². The molecule has 13 heteroatoms. The topological polar surface area (TPSA) is 97.3 Å². The van der Waals surface area contributed by atoms with Gasteiger partial charge in [0.2, 0.25) is 4.96 Å². The van der Waals surface area contributed by atoms with Crippen molar-refractivity contribution in [3.8, 4) is 33.9 Å². The lowest BCUT2D eigenvalue weighted by atomic mass is 10.0. The van der Waals surface area contributed by atoms with E-state index >= 15 is 0 Å². The van der Waals surface area contributed by atoms with Gasteiger partial charge in [-0.3, -0.25) is 4.79 Å². The number of hydrogen-bond acceptors (Lipinski definition) is 9. The summed E-state index contributed by atoms with van der Waals surface area (Å²) in [5.41, 5.74) is 2.72. The van der Waals surface area contributed by atoms with Gasteiger partial charge in [-0.15, -0.1) is 18.3 Å². The van der Waals surface area contributed by atoms with Crippen molar-refractivity contribution in [1.82, 2.24) is 14.6 Å². The van der Waals surface area contributed by atoms with Crippen LogP contribution in [0.4, 0.5) is 13.2 Å². The normalized spacial score (nSPS) is 11.7. The number of imidazole rings is 1. The maximum atomic E-state index is 12.8. The molecule has 3 aromatic heterocycles. The van der Waals surface area contributed by atoms with Gasteiger partial charge >= 0.3 is 6.36 Å². The summed E-state index contributed by atoms with van der Waals surface area (Å²) in [5, 5.41) is 5.50. The van der Waals surface area contributed by atoms with Gasteiger partial charge in [0.25, 0.3) is 5.19 Å². The average Bonchev–Trinajstić information content (AvgIpc) is 3.68. The first-order valence-electron chi connectivity index (χ1n) is 12.8. The molecule has 0 saturated carbocycles. The van der Waals surface area contributed by atoms with Gasteiger partial charge in [-0.1, -0.05) is 36.4 Å². The van der Waals surface area contributed by atoms with Crippen molar-refractivity contribution in [2.75, 3.05) is 14.2 Å². The largest absolute Gasteiger partial charge is 0.573 e. The summed E-state index contributed by atoms with van der Waals surface area (Å²) in [7, 11) is 3.09. The minimum absolute atomic E-state index is 0.0132. The Balaban J connectivity index is 1.19. The van der Waals surface area contributed by atoms with E-state index in [-0.39, 0.29) is 24.4 Å². The molecule has 6 aromatic rings. The number of halogens is 3. The van der Waals surface area contributed by atoms with Crippen LogP contribution in [-0.4, -0.2) is 41.0 Å². The van der Waals surface area contributed by atoms with Crippen molar-refractivity contribution in [3.63, 3.8) is 0 Å². The zero-order valence-electron chi connectivity index (χ0n) is 22.7. The van der Waals surface area contributed by atoms with Crippen molar-refractivity contribution in [2.45, 2.75) is 19.4 Å². The highest BCUT2D eigenvalue weighted by atomic mass is 32.1. The average molecular weight is 610 g/mol. The number of benzene rings is 3. The first kappa shape index (κ1) is 28.1. The highest BCUT2D eigenvalue weighted by Gasteiger charge is 2.31. The van der Waals surface area contributed by atoms with E-state index in [1.54, 1.807) is 49.2 Å². The van der Waals surface area contributed by atoms with Crippen molar-refractivity contribution >= 4 is 33.1 Å². The smallest absolute Gasteiger partial charge is 0.496 e. The van der Waals surface area contributed by atoms with E-state index in [9.17, 15) is 18.0 Å². The monoisotopic (exact) mass is 609 g/mol. The molecule has 9 nitrogen and oxygen atoms in total. The number of carbonyl (C=O) groups is 1. The molecule has 0 amide bonds. The fourth-order valence-electron chi connectivity index (χ4n) is 4.47. The van der Waals surface area contributed by atoms with E-state index < -0.39 is 12.1 Å². The van der Waals surface area contributed by atoms with Gasteiger partial charge in [-0.25, -0.2) is 9.50 Å². The Morgan fingerprint density at radius 2 is 1.79 bits per heavy atom. The number of nitrogens with zero attached hydrogens (tertiary/aromatic N) is 3. The molecule has 0 fully saturated rings. The van der Waals surface area contributed by atoms with Crippen LogP contribution >= 0.6 is 11.3 Å². The van der Waals surface area contributed by atoms with E-state index in [1.165, 1.54) is 23.5 Å². The second kappa shape index (κ2) is 11.3. The Hall–Kier alpha value is -5.04. The van der Waals surface area contributed by atoms with Crippen LogP contribution in [0.3, 0.4) is 0 Å². The summed E-state index contributed by atoms with van der Waals surface area (Å²) < 4.78 is 66.2. The number of Topliss-reactive ketones (excluding diaryl/α,β-unsaturated/α-hetero) is 1. The molecule has 0 aliphatic carbocycles. The van der Waals surface area contributed by atoms with Gasteiger partial charge in [0, 0.05) is 24.1 Å². The maximum Gasteiger partial charge on any atom is 0.573 e. The fourth-order valence-corrected chi connectivity index (χ4v) is 5.17. The summed E-state index contributed by atoms with van der Waals surface area (Å²) >= 11 is 1.30. The zero-order valence-corrected chi connectivity index (χ0v) is 23.5. The molecule has 0 aliphatic rings. The van der Waals surface area contributed by atoms with Crippen LogP contribution in [0, 0.1) is 0 Å². The summed E-state index contributed by atoms with van der Waals surface area (Å²) in [6, 6.07) is 17.6. The third kappa shape index (κ3) is 6.26. The maximum absolute atomic E-state index is 12.8. The van der Waals surface area contributed by atoms with Gasteiger partial charge < -0.3 is 23.4 Å². The molecule has 3 heterocycles. The molecule has 0 N–H and O–H groups in total. The van der Waals surface area contributed by atoms with E-state index in [4.69, 9.17) is 18.6 Å². The predicted octanol–water partition coefficient (Wildman–Crippen LogP) is 7.12. The Morgan fingerprint density at radius 3 is 2.56 bits per heavy atom. The van der Waals surface area contributed by atoms with Gasteiger partial charge in [-0.05, 0) is 40.7 Å². The molecule has 43 heavy (non-hydrogen) atoms. The summed E-state index contributed by atoms with van der Waals surface area (Å²) in [6.07, 6.45) is -3.11. The second-order valence-corrected chi connectivity index (χ2v) is 10.3. The van der Waals surface area contributed by atoms with Crippen LogP contribution in [0.5, 0.6) is 22.4 Å². The number of methoxy groups -OCH3 is 2. The molecule has 0 aliphatic heterocycles. The first-order valence-corrected chi connectivity index (χ1v) is 13.6. The van der Waals surface area contributed by atoms with Crippen LogP contribution in [-0.2, 0) is 13.0 Å². The minimum atomic E-state index is -4.84. The lowest BCUT2D eigenvalue weighted by molar-refractivity contribution is -0.274. The van der Waals surface area contributed by atoms with Crippen molar-refractivity contribution in [2.24, 2.45) is 0 Å². The third-order valence-corrected chi connectivity index (χ3v) is 7.28. The number of furan rings is 1. The standard InChI is InChI=1S/C30H22F3N3O6S/c1-38-21-12-25(22-14-27(41-26(22)13-21)23-15-36-28(34-23)43-29(35-36)39-2)40-16-18-6-3-5-17(9-18)10-24(37)19-7-4-8-20(11-19)42-30(31,32)33/h3-9,11-15H,10,16H2,1-2H3. The summed E-state index contributed by atoms with van der Waals surface area (Å²) in [5.74, 6) is 0.788. The molecule has 220 valence electrons. The molecule has 6 rings (SSSR count). The van der Waals surface area contributed by atoms with E-state index in [0.717, 1.165) is 17.7 Å². The van der Waals surface area contributed by atoms with E-state index in [0.29, 0.717) is 49.6 Å². The SMILES string of the molecule is COc1cc(OCc2cccc(CC(=O)c3cccc(OC(F)(F)F)c3)c2)c2cc(-c3cn4nc(OC)sc4n3)oc2c1. The second-order valence-electron chi connectivity index (χ2n) is 9.36. The lowest BCUT2D eigenvalue weighted by Gasteiger charge is -2.11. The van der Waals surface area contributed by atoms with E-state index in [1.807, 2.05) is 18.2 Å². The lowest BCUT2D eigenvalue weighted by Crippen LogP contribution is -2.17. The number of carbonyl (C=O) groups excluding carboxylic acids is 1. The Kier molecular flexibility index (Phi) is 7.40. The Morgan fingerprint density at radius 1 is 0.977 bits per heavy atom. The van der Waals surface area contributed by atoms with Gasteiger partial charge in [0.1, 0.15) is 35.1 Å². The third-order valence-electron chi connectivity index (χ3n) is 6.40. The number of rotatable bonds is 10. The van der Waals surface area contributed by atoms with Crippen LogP contribution in [0.25, 0.3) is 27.4 Å². The van der Waals surface area contributed by atoms with Crippen molar-refractivity contribution < 1.29 is 41.3 Å². The number of ether oxygens (including phenoxy) is 4. The number of hydrogen-bond donors (Lipinski definition) is 0. The first-order chi connectivity index (χ1) is 20.7. The predicted molar refractivity (Wildman–Crippen MR) is 151 cm³/mol. The molecule has 0 radical (unpaired) electrons. The molecule has 0 saturated heterocycles. The number of aromatic nitrogens is 3. The molecule has 3 aromatic carbocycles. The molecular weight excluding hydrogens is 587 g/mol. The molecule has 0 unspecified atom stereocenters. The molecular formula is C30H22F3N3O6S. The summed E-state index contributed by atoms with van der Waals surface area (Å²) in [4.78, 5) is 18.1. The quantitative estimate of drug-likeness (QED) is 0.152. The minimum Gasteiger partial charge on any atom is -0.496 e. The van der Waals surface area contributed by atoms with E-state index in [2.05, 4.69) is 14.8 Å².